The highest BCUT2D eigenvalue weighted by molar-refractivity contribution is 6.39. The number of hydrogen-bond acceptors (Lipinski definition) is 6. The predicted octanol–water partition coefficient (Wildman–Crippen LogP) is 2.40. The van der Waals surface area contributed by atoms with Crippen molar-refractivity contribution in [3.8, 4) is 5.75 Å². The molecule has 0 aliphatic rings. The third-order valence-corrected chi connectivity index (χ3v) is 4.45. The lowest BCUT2D eigenvalue weighted by Crippen LogP contribution is -2.32. The summed E-state index contributed by atoms with van der Waals surface area (Å²) < 4.78 is 5.40. The van der Waals surface area contributed by atoms with E-state index in [1.165, 1.54) is 30.5 Å². The van der Waals surface area contributed by atoms with Crippen molar-refractivity contribution in [3.05, 3.63) is 95.1 Å². The molecule has 3 aromatic rings. The molecule has 0 aliphatic heterocycles. The molecule has 0 aliphatic carbocycles. The van der Waals surface area contributed by atoms with Crippen LogP contribution in [0.4, 0.5) is 5.69 Å². The molecule has 33 heavy (non-hydrogen) atoms. The van der Waals surface area contributed by atoms with Gasteiger partial charge in [0, 0.05) is 11.3 Å². The molecule has 4 N–H and O–H groups in total. The van der Waals surface area contributed by atoms with Gasteiger partial charge in [-0.25, -0.2) is 10.2 Å². The molecule has 3 rings (SSSR count). The van der Waals surface area contributed by atoms with Crippen LogP contribution in [0.2, 0.25) is 0 Å². The molecule has 0 fully saturated rings. The van der Waals surface area contributed by atoms with Crippen LogP contribution >= 0.6 is 0 Å². The summed E-state index contributed by atoms with van der Waals surface area (Å²) in [5.41, 5.74) is 9.64. The minimum Gasteiger partial charge on any atom is -0.423 e. The Kier molecular flexibility index (Phi) is 7.28. The normalized spacial score (nSPS) is 10.5. The van der Waals surface area contributed by atoms with Gasteiger partial charge >= 0.3 is 17.8 Å². The van der Waals surface area contributed by atoms with Crippen molar-refractivity contribution in [2.24, 2.45) is 10.8 Å². The van der Waals surface area contributed by atoms with Crippen molar-refractivity contribution in [2.75, 3.05) is 5.32 Å². The molecular formula is C24H20N4O5. The van der Waals surface area contributed by atoms with E-state index in [-0.39, 0.29) is 5.56 Å². The zero-order valence-corrected chi connectivity index (χ0v) is 17.6. The number of nitrogens with one attached hydrogen (secondary N) is 2. The van der Waals surface area contributed by atoms with Crippen molar-refractivity contribution >= 4 is 35.6 Å². The standard InChI is InChI=1S/C24H20N4O5/c1-15-5-2-3-8-20(15)24(32)33-19-7-4-6-16(13-19)14-26-28-23(31)22(30)27-18-11-9-17(10-12-18)21(25)29/h2-14H,1H3,(H2,25,29)(H,27,30)(H,28,31)/b26-14+. The average molecular weight is 444 g/mol. The lowest BCUT2D eigenvalue weighted by Gasteiger charge is -2.07. The number of nitrogens with two attached hydrogens (primary N) is 1. The zero-order valence-electron chi connectivity index (χ0n) is 17.6. The summed E-state index contributed by atoms with van der Waals surface area (Å²) in [4.78, 5) is 47.3. The Labute approximate surface area is 189 Å². The molecule has 9 heteroatoms. The van der Waals surface area contributed by atoms with E-state index in [9.17, 15) is 19.2 Å². The highest BCUT2D eigenvalue weighted by atomic mass is 16.5. The second-order valence-corrected chi connectivity index (χ2v) is 6.87. The number of nitrogens with zero attached hydrogens (tertiary/aromatic N) is 1. The summed E-state index contributed by atoms with van der Waals surface area (Å²) in [5, 5.41) is 6.12. The van der Waals surface area contributed by atoms with E-state index < -0.39 is 23.7 Å². The van der Waals surface area contributed by atoms with E-state index in [2.05, 4.69) is 15.8 Å². The molecule has 3 aromatic carbocycles. The SMILES string of the molecule is Cc1ccccc1C(=O)Oc1cccc(/C=N/NC(=O)C(=O)Nc2ccc(C(N)=O)cc2)c1. The molecule has 166 valence electrons. The van der Waals surface area contributed by atoms with E-state index in [1.807, 2.05) is 19.1 Å². The van der Waals surface area contributed by atoms with Crippen LogP contribution in [0.25, 0.3) is 0 Å². The summed E-state index contributed by atoms with van der Waals surface area (Å²) in [7, 11) is 0. The molecule has 0 bridgehead atoms. The van der Waals surface area contributed by atoms with Crippen molar-refractivity contribution in [2.45, 2.75) is 6.92 Å². The number of carbonyl (C=O) groups excluding carboxylic acids is 4. The van der Waals surface area contributed by atoms with Crippen LogP contribution in [-0.4, -0.2) is 29.9 Å². The number of carbonyl (C=O) groups is 4. The Morgan fingerprint density at radius 2 is 1.64 bits per heavy atom. The third-order valence-electron chi connectivity index (χ3n) is 4.45. The first-order chi connectivity index (χ1) is 15.8. The topological polar surface area (TPSA) is 140 Å². The third kappa shape index (κ3) is 6.34. The number of rotatable bonds is 6. The molecule has 0 unspecified atom stereocenters. The number of anilines is 1. The number of hydrazone groups is 1. The first kappa shape index (κ1) is 22.9. The first-order valence-electron chi connectivity index (χ1n) is 9.75. The van der Waals surface area contributed by atoms with Gasteiger partial charge in [0.1, 0.15) is 5.75 Å². The highest BCUT2D eigenvalue weighted by Gasteiger charge is 2.13. The van der Waals surface area contributed by atoms with Gasteiger partial charge in [0.25, 0.3) is 0 Å². The monoisotopic (exact) mass is 444 g/mol. The fraction of sp³-hybridized carbons (Fsp3) is 0.0417. The van der Waals surface area contributed by atoms with E-state index in [4.69, 9.17) is 10.5 Å². The lowest BCUT2D eigenvalue weighted by molar-refractivity contribution is -0.136. The molecule has 0 spiro atoms. The van der Waals surface area contributed by atoms with Gasteiger partial charge in [0.15, 0.2) is 0 Å². The average Bonchev–Trinajstić information content (AvgIpc) is 2.80. The van der Waals surface area contributed by atoms with Gasteiger partial charge in [-0.15, -0.1) is 0 Å². The van der Waals surface area contributed by atoms with Crippen LogP contribution in [0.5, 0.6) is 5.75 Å². The summed E-state index contributed by atoms with van der Waals surface area (Å²) in [6, 6.07) is 19.3. The maximum atomic E-state index is 12.3. The van der Waals surface area contributed by atoms with Crippen LogP contribution in [-0.2, 0) is 9.59 Å². The van der Waals surface area contributed by atoms with Crippen molar-refractivity contribution in [1.29, 1.82) is 0 Å². The van der Waals surface area contributed by atoms with Gasteiger partial charge in [0.05, 0.1) is 11.8 Å². The number of esters is 1. The number of amides is 3. The maximum Gasteiger partial charge on any atom is 0.343 e. The Morgan fingerprint density at radius 3 is 2.33 bits per heavy atom. The number of aryl methyl sites for hydroxylation is 1. The molecule has 9 nitrogen and oxygen atoms in total. The van der Waals surface area contributed by atoms with Gasteiger partial charge in [-0.05, 0) is 60.5 Å². The summed E-state index contributed by atoms with van der Waals surface area (Å²) in [6.45, 7) is 1.81. The molecule has 3 amide bonds. The van der Waals surface area contributed by atoms with Crippen molar-refractivity contribution in [1.82, 2.24) is 5.43 Å². The Balaban J connectivity index is 1.56. The van der Waals surface area contributed by atoms with Crippen LogP contribution in [0.3, 0.4) is 0 Å². The van der Waals surface area contributed by atoms with Crippen LogP contribution in [0.1, 0.15) is 31.8 Å². The van der Waals surface area contributed by atoms with E-state index in [1.54, 1.807) is 36.4 Å². The van der Waals surface area contributed by atoms with Crippen LogP contribution < -0.4 is 21.2 Å². The molecule has 0 saturated carbocycles. The van der Waals surface area contributed by atoms with Crippen LogP contribution in [0.15, 0.2) is 77.9 Å². The quantitative estimate of drug-likeness (QED) is 0.176. The van der Waals surface area contributed by atoms with Gasteiger partial charge in [-0.3, -0.25) is 14.4 Å². The minimum absolute atomic E-state index is 0.272. The zero-order chi connectivity index (χ0) is 23.8. The summed E-state index contributed by atoms with van der Waals surface area (Å²) in [5.74, 6) is -2.73. The Bertz CT molecular complexity index is 1240. The molecule has 0 atom stereocenters. The van der Waals surface area contributed by atoms with Gasteiger partial charge in [-0.2, -0.15) is 5.10 Å². The van der Waals surface area contributed by atoms with E-state index in [0.717, 1.165) is 5.56 Å². The van der Waals surface area contributed by atoms with E-state index >= 15 is 0 Å². The number of ether oxygens (including phenoxy) is 1. The van der Waals surface area contributed by atoms with Crippen molar-refractivity contribution in [3.63, 3.8) is 0 Å². The van der Waals surface area contributed by atoms with Gasteiger partial charge in [-0.1, -0.05) is 30.3 Å². The Hall–Kier alpha value is -4.79. The maximum absolute atomic E-state index is 12.3. The molecule has 0 radical (unpaired) electrons. The number of primary amides is 1. The molecule has 0 saturated heterocycles. The predicted molar refractivity (Wildman–Crippen MR) is 122 cm³/mol. The van der Waals surface area contributed by atoms with Gasteiger partial charge in [0.2, 0.25) is 5.91 Å². The van der Waals surface area contributed by atoms with Crippen LogP contribution in [0, 0.1) is 6.92 Å². The fourth-order valence-electron chi connectivity index (χ4n) is 2.74. The molecule has 0 heterocycles. The second kappa shape index (κ2) is 10.5. The largest absolute Gasteiger partial charge is 0.423 e. The smallest absolute Gasteiger partial charge is 0.343 e. The molecule has 0 aromatic heterocycles. The molecular weight excluding hydrogens is 424 g/mol. The van der Waals surface area contributed by atoms with Crippen molar-refractivity contribution < 1.29 is 23.9 Å². The van der Waals surface area contributed by atoms with E-state index in [0.29, 0.717) is 22.6 Å². The lowest BCUT2D eigenvalue weighted by atomic mass is 10.1. The number of benzene rings is 3. The first-order valence-corrected chi connectivity index (χ1v) is 9.75. The Morgan fingerprint density at radius 1 is 0.909 bits per heavy atom. The fourth-order valence-corrected chi connectivity index (χ4v) is 2.74. The second-order valence-electron chi connectivity index (χ2n) is 6.87. The summed E-state index contributed by atoms with van der Waals surface area (Å²) >= 11 is 0. The number of hydrogen-bond donors (Lipinski definition) is 3. The summed E-state index contributed by atoms with van der Waals surface area (Å²) in [6.07, 6.45) is 1.30. The highest BCUT2D eigenvalue weighted by Crippen LogP contribution is 2.16. The van der Waals surface area contributed by atoms with Gasteiger partial charge < -0.3 is 15.8 Å². The minimum atomic E-state index is -0.993.